The van der Waals surface area contributed by atoms with Crippen LogP contribution in [0.5, 0.6) is 0 Å². The van der Waals surface area contributed by atoms with E-state index in [1.807, 2.05) is 4.90 Å². The van der Waals surface area contributed by atoms with Crippen molar-refractivity contribution in [1.82, 2.24) is 14.8 Å². The molecular weight excluding hydrogens is 294 g/mol. The lowest BCUT2D eigenvalue weighted by atomic mass is 10.1. The van der Waals surface area contributed by atoms with E-state index in [1.54, 1.807) is 13.8 Å². The van der Waals surface area contributed by atoms with Gasteiger partial charge in [0, 0.05) is 44.8 Å². The minimum atomic E-state index is -0.422. The Morgan fingerprint density at radius 1 is 1.26 bits per heavy atom. The first-order valence-corrected chi connectivity index (χ1v) is 7.72. The zero-order chi connectivity index (χ0) is 17.0. The zero-order valence-corrected chi connectivity index (χ0v) is 13.9. The van der Waals surface area contributed by atoms with Crippen molar-refractivity contribution in [3.05, 3.63) is 22.5 Å². The number of aryl methyl sites for hydroxylation is 1. The van der Waals surface area contributed by atoms with Gasteiger partial charge in [-0.05, 0) is 19.4 Å². The van der Waals surface area contributed by atoms with Crippen LogP contribution >= 0.6 is 0 Å². The third-order valence-corrected chi connectivity index (χ3v) is 4.27. The van der Waals surface area contributed by atoms with Crippen LogP contribution in [-0.2, 0) is 4.74 Å². The van der Waals surface area contributed by atoms with E-state index in [1.165, 1.54) is 7.11 Å². The highest BCUT2D eigenvalue weighted by atomic mass is 16.5. The summed E-state index contributed by atoms with van der Waals surface area (Å²) in [7, 11) is 1.34. The molecule has 2 rings (SSSR count). The van der Waals surface area contributed by atoms with Crippen molar-refractivity contribution >= 4 is 11.9 Å². The number of amides is 1. The third kappa shape index (κ3) is 3.57. The van der Waals surface area contributed by atoms with Crippen molar-refractivity contribution in [2.45, 2.75) is 20.3 Å². The molecule has 0 aliphatic carbocycles. The van der Waals surface area contributed by atoms with E-state index in [0.717, 1.165) is 26.1 Å². The number of methoxy groups -OCH3 is 1. The highest BCUT2D eigenvalue weighted by Gasteiger charge is 2.27. The summed E-state index contributed by atoms with van der Waals surface area (Å²) in [6.07, 6.45) is 6.01. The van der Waals surface area contributed by atoms with Crippen molar-refractivity contribution in [2.75, 3.05) is 39.8 Å². The molecule has 1 fully saturated rings. The lowest BCUT2D eigenvalue weighted by Gasteiger charge is -2.34. The maximum atomic E-state index is 12.7. The standard InChI is InChI=1S/C17H23N3O3/c1-5-6-7-19-8-10-20(11-9-19)16(21)15-12(2)14(13(3)18-15)17(22)23-4/h1,18H,6-11H2,2-4H3. The second-order valence-corrected chi connectivity index (χ2v) is 5.70. The van der Waals surface area contributed by atoms with Crippen molar-refractivity contribution in [1.29, 1.82) is 0 Å². The predicted molar refractivity (Wildman–Crippen MR) is 87.4 cm³/mol. The SMILES string of the molecule is C#CCCN1CCN(C(=O)c2[nH]c(C)c(C(=O)OC)c2C)CC1. The van der Waals surface area contributed by atoms with Crippen LogP contribution in [0.2, 0.25) is 0 Å². The van der Waals surface area contributed by atoms with E-state index in [4.69, 9.17) is 11.2 Å². The molecule has 0 spiro atoms. The molecule has 1 aliphatic heterocycles. The van der Waals surface area contributed by atoms with E-state index in [-0.39, 0.29) is 5.91 Å². The Balaban J connectivity index is 2.08. The van der Waals surface area contributed by atoms with Gasteiger partial charge in [-0.15, -0.1) is 12.3 Å². The van der Waals surface area contributed by atoms with Gasteiger partial charge >= 0.3 is 5.97 Å². The van der Waals surface area contributed by atoms with Gasteiger partial charge in [0.05, 0.1) is 12.7 Å². The molecule has 0 aromatic carbocycles. The molecule has 1 amide bonds. The molecule has 1 aliphatic rings. The summed E-state index contributed by atoms with van der Waals surface area (Å²) in [5.41, 5.74) is 2.22. The number of nitrogens with one attached hydrogen (secondary N) is 1. The molecule has 2 heterocycles. The molecule has 0 saturated carbocycles. The summed E-state index contributed by atoms with van der Waals surface area (Å²) in [4.78, 5) is 31.6. The van der Waals surface area contributed by atoms with Gasteiger partial charge in [-0.1, -0.05) is 0 Å². The molecule has 124 valence electrons. The number of carbonyl (C=O) groups is 2. The number of esters is 1. The fourth-order valence-corrected chi connectivity index (χ4v) is 2.93. The van der Waals surface area contributed by atoms with Crippen LogP contribution in [0, 0.1) is 26.2 Å². The molecule has 23 heavy (non-hydrogen) atoms. The van der Waals surface area contributed by atoms with Gasteiger partial charge in [0.1, 0.15) is 5.69 Å². The highest BCUT2D eigenvalue weighted by Crippen LogP contribution is 2.20. The van der Waals surface area contributed by atoms with Crippen LogP contribution in [0.15, 0.2) is 0 Å². The number of nitrogens with zero attached hydrogens (tertiary/aromatic N) is 2. The van der Waals surface area contributed by atoms with Crippen LogP contribution in [0.3, 0.4) is 0 Å². The number of aromatic nitrogens is 1. The Morgan fingerprint density at radius 2 is 1.91 bits per heavy atom. The normalized spacial score (nSPS) is 15.3. The largest absolute Gasteiger partial charge is 0.465 e. The Morgan fingerprint density at radius 3 is 2.48 bits per heavy atom. The van der Waals surface area contributed by atoms with Gasteiger partial charge in [0.25, 0.3) is 5.91 Å². The molecule has 1 aromatic rings. The van der Waals surface area contributed by atoms with Crippen molar-refractivity contribution in [3.8, 4) is 12.3 Å². The number of ether oxygens (including phenoxy) is 1. The number of H-pyrrole nitrogens is 1. The summed E-state index contributed by atoms with van der Waals surface area (Å²) in [6, 6.07) is 0. The molecule has 1 aromatic heterocycles. The van der Waals surface area contributed by atoms with Gasteiger partial charge in [-0.25, -0.2) is 4.79 Å². The second kappa shape index (κ2) is 7.34. The maximum absolute atomic E-state index is 12.7. The van der Waals surface area contributed by atoms with Crippen molar-refractivity contribution < 1.29 is 14.3 Å². The molecule has 0 atom stereocenters. The van der Waals surface area contributed by atoms with Crippen LogP contribution in [0.4, 0.5) is 0 Å². The number of piperazine rings is 1. The minimum absolute atomic E-state index is 0.0719. The van der Waals surface area contributed by atoms with Crippen molar-refractivity contribution in [3.63, 3.8) is 0 Å². The minimum Gasteiger partial charge on any atom is -0.465 e. The Labute approximate surface area is 136 Å². The van der Waals surface area contributed by atoms with E-state index in [0.29, 0.717) is 35.6 Å². The summed E-state index contributed by atoms with van der Waals surface area (Å²) in [6.45, 7) is 7.36. The van der Waals surface area contributed by atoms with Crippen LogP contribution in [-0.4, -0.2) is 66.5 Å². The monoisotopic (exact) mass is 317 g/mol. The van der Waals surface area contributed by atoms with Gasteiger partial charge in [-0.3, -0.25) is 9.69 Å². The third-order valence-electron chi connectivity index (χ3n) is 4.27. The quantitative estimate of drug-likeness (QED) is 0.669. The van der Waals surface area contributed by atoms with Crippen LogP contribution < -0.4 is 0 Å². The molecule has 6 heteroatoms. The summed E-state index contributed by atoms with van der Waals surface area (Å²) >= 11 is 0. The first-order valence-electron chi connectivity index (χ1n) is 7.72. The lowest BCUT2D eigenvalue weighted by molar-refractivity contribution is 0.0599. The fourth-order valence-electron chi connectivity index (χ4n) is 2.93. The van der Waals surface area contributed by atoms with E-state index >= 15 is 0 Å². The number of aromatic amines is 1. The molecule has 6 nitrogen and oxygen atoms in total. The van der Waals surface area contributed by atoms with E-state index in [2.05, 4.69) is 15.8 Å². The summed E-state index contributed by atoms with van der Waals surface area (Å²) in [5.74, 6) is 2.14. The molecule has 1 saturated heterocycles. The van der Waals surface area contributed by atoms with Gasteiger partial charge < -0.3 is 14.6 Å². The average molecular weight is 317 g/mol. The Hall–Kier alpha value is -2.26. The number of hydrogen-bond donors (Lipinski definition) is 1. The smallest absolute Gasteiger partial charge is 0.339 e. The summed E-state index contributed by atoms with van der Waals surface area (Å²) in [5, 5.41) is 0. The maximum Gasteiger partial charge on any atom is 0.339 e. The number of rotatable bonds is 4. The topological polar surface area (TPSA) is 65.6 Å². The highest BCUT2D eigenvalue weighted by molar-refractivity contribution is 6.00. The molecular formula is C17H23N3O3. The second-order valence-electron chi connectivity index (χ2n) is 5.70. The number of carbonyl (C=O) groups excluding carboxylic acids is 2. The molecule has 0 bridgehead atoms. The predicted octanol–water partition coefficient (Wildman–Crippen LogP) is 1.20. The zero-order valence-electron chi connectivity index (χ0n) is 13.9. The first kappa shape index (κ1) is 17.1. The van der Waals surface area contributed by atoms with Crippen LogP contribution in [0.1, 0.15) is 38.5 Å². The average Bonchev–Trinajstić information content (AvgIpc) is 2.86. The summed E-state index contributed by atoms with van der Waals surface area (Å²) < 4.78 is 4.78. The van der Waals surface area contributed by atoms with E-state index in [9.17, 15) is 9.59 Å². The molecule has 0 radical (unpaired) electrons. The molecule has 1 N–H and O–H groups in total. The Bertz CT molecular complexity index is 634. The van der Waals surface area contributed by atoms with Crippen LogP contribution in [0.25, 0.3) is 0 Å². The number of hydrogen-bond acceptors (Lipinski definition) is 4. The van der Waals surface area contributed by atoms with E-state index < -0.39 is 5.97 Å². The Kier molecular flexibility index (Phi) is 5.45. The molecule has 0 unspecified atom stereocenters. The fraction of sp³-hybridized carbons (Fsp3) is 0.529. The first-order chi connectivity index (χ1) is 11.0. The lowest BCUT2D eigenvalue weighted by Crippen LogP contribution is -2.49. The van der Waals surface area contributed by atoms with Gasteiger partial charge in [-0.2, -0.15) is 0 Å². The van der Waals surface area contributed by atoms with Gasteiger partial charge in [0.2, 0.25) is 0 Å². The number of terminal acetylenes is 1. The van der Waals surface area contributed by atoms with Gasteiger partial charge in [0.15, 0.2) is 0 Å². The van der Waals surface area contributed by atoms with Crippen molar-refractivity contribution in [2.24, 2.45) is 0 Å².